The number of rotatable bonds is 4. The number of nitrogens with one attached hydrogen (secondary N) is 2. The number of aliphatic hydroxyl groups excluding tert-OH is 1. The van der Waals surface area contributed by atoms with Gasteiger partial charge in [-0.1, -0.05) is 29.8 Å². The number of aliphatic hydroxyl groups is 1. The molecule has 2 aliphatic heterocycles. The average molecular weight is 389 g/mol. The number of hydrogen-bond donors (Lipinski definition) is 3. The number of fused-ring (bicyclic) bond motifs is 2. The van der Waals surface area contributed by atoms with Crippen LogP contribution in [-0.2, 0) is 9.47 Å². The Morgan fingerprint density at radius 3 is 2.81 bits per heavy atom. The highest BCUT2D eigenvalue weighted by Crippen LogP contribution is 2.31. The van der Waals surface area contributed by atoms with Crippen molar-refractivity contribution in [3.63, 3.8) is 0 Å². The summed E-state index contributed by atoms with van der Waals surface area (Å²) >= 11 is 6.34. The number of imidazole rings is 1. The van der Waals surface area contributed by atoms with E-state index in [1.807, 2.05) is 30.3 Å². The Balaban J connectivity index is 1.37. The molecule has 8 nitrogen and oxygen atoms in total. The molecule has 2 aliphatic rings. The van der Waals surface area contributed by atoms with E-state index in [1.165, 1.54) is 0 Å². The fourth-order valence-electron chi connectivity index (χ4n) is 3.39. The highest BCUT2D eigenvalue weighted by Gasteiger charge is 2.48. The third-order valence-corrected chi connectivity index (χ3v) is 4.97. The number of H-pyrrole nitrogens is 1. The number of aromatic nitrogens is 3. The maximum atomic E-state index is 9.82. The first-order valence-corrected chi connectivity index (χ1v) is 9.01. The molecule has 3 N–H and O–H groups in total. The maximum Gasteiger partial charge on any atom is 0.296 e. The van der Waals surface area contributed by atoms with Crippen LogP contribution in [0.2, 0.25) is 5.02 Å². The van der Waals surface area contributed by atoms with Gasteiger partial charge in [0.2, 0.25) is 0 Å². The molecular formula is C18H17ClN4O4. The van der Waals surface area contributed by atoms with Gasteiger partial charge in [0.25, 0.3) is 6.01 Å². The highest BCUT2D eigenvalue weighted by molar-refractivity contribution is 6.33. The molecule has 0 bridgehead atoms. The Morgan fingerprint density at radius 2 is 1.96 bits per heavy atom. The van der Waals surface area contributed by atoms with E-state index in [-0.39, 0.29) is 24.9 Å². The summed E-state index contributed by atoms with van der Waals surface area (Å²) in [6.45, 7) is 0.583. The average Bonchev–Trinajstić information content (AvgIpc) is 3.34. The van der Waals surface area contributed by atoms with E-state index in [2.05, 4.69) is 20.3 Å². The van der Waals surface area contributed by atoms with Crippen LogP contribution in [-0.4, -0.2) is 57.7 Å². The molecule has 0 saturated carbocycles. The molecule has 0 radical (unpaired) electrons. The van der Waals surface area contributed by atoms with Crippen molar-refractivity contribution in [3.05, 3.63) is 41.4 Å². The van der Waals surface area contributed by atoms with Crippen LogP contribution in [0.25, 0.3) is 11.2 Å². The molecule has 140 valence electrons. The summed E-state index contributed by atoms with van der Waals surface area (Å²) in [4.78, 5) is 11.9. The van der Waals surface area contributed by atoms with Gasteiger partial charge in [0.15, 0.2) is 17.6 Å². The van der Waals surface area contributed by atoms with Gasteiger partial charge in [-0.15, -0.1) is 0 Å². The van der Waals surface area contributed by atoms with Crippen LogP contribution in [0.15, 0.2) is 36.4 Å². The van der Waals surface area contributed by atoms with Gasteiger partial charge < -0.3 is 29.6 Å². The number of para-hydroxylation sites is 1. The standard InChI is InChI=1S/C18H17ClN4O4/c19-10-6-11-17(22-16(10)20-9-4-2-1-3-5-9)23-18(21-11)27-13-8-26-14-12(24)7-25-15(13)14/h1-6,12-15,24H,7-8H2,(H2,20,21,22,23)/t12-,13-,14-,15-/m1/s1. The minimum atomic E-state index is -0.619. The van der Waals surface area contributed by atoms with Crippen molar-refractivity contribution in [2.75, 3.05) is 18.5 Å². The van der Waals surface area contributed by atoms with E-state index in [1.54, 1.807) is 6.07 Å². The minimum Gasteiger partial charge on any atom is -0.456 e. The third-order valence-electron chi connectivity index (χ3n) is 4.69. The van der Waals surface area contributed by atoms with E-state index < -0.39 is 6.10 Å². The summed E-state index contributed by atoms with van der Waals surface area (Å²) in [5, 5.41) is 13.5. The number of nitrogens with zero attached hydrogens (tertiary/aromatic N) is 2. The second-order valence-corrected chi connectivity index (χ2v) is 6.95. The van der Waals surface area contributed by atoms with Crippen LogP contribution in [0.5, 0.6) is 6.01 Å². The predicted molar refractivity (Wildman–Crippen MR) is 98.5 cm³/mol. The first-order chi connectivity index (χ1) is 13.2. The quantitative estimate of drug-likeness (QED) is 0.630. The lowest BCUT2D eigenvalue weighted by atomic mass is 10.1. The molecule has 1 aromatic carbocycles. The molecule has 9 heteroatoms. The van der Waals surface area contributed by atoms with Crippen LogP contribution in [0.3, 0.4) is 0 Å². The van der Waals surface area contributed by atoms with Crippen molar-refractivity contribution in [3.8, 4) is 6.01 Å². The van der Waals surface area contributed by atoms with Gasteiger partial charge in [0.05, 0.1) is 23.8 Å². The zero-order valence-corrected chi connectivity index (χ0v) is 14.9. The van der Waals surface area contributed by atoms with Gasteiger partial charge in [-0.2, -0.15) is 4.98 Å². The molecule has 0 amide bonds. The van der Waals surface area contributed by atoms with Crippen molar-refractivity contribution in [1.29, 1.82) is 0 Å². The first kappa shape index (κ1) is 16.8. The summed E-state index contributed by atoms with van der Waals surface area (Å²) in [6, 6.07) is 11.7. The molecule has 2 fully saturated rings. The molecule has 0 unspecified atom stereocenters. The largest absolute Gasteiger partial charge is 0.456 e. The zero-order valence-electron chi connectivity index (χ0n) is 14.1. The van der Waals surface area contributed by atoms with E-state index in [0.29, 0.717) is 34.6 Å². The van der Waals surface area contributed by atoms with Gasteiger partial charge in [-0.25, -0.2) is 4.98 Å². The van der Waals surface area contributed by atoms with Crippen LogP contribution in [0.4, 0.5) is 11.5 Å². The van der Waals surface area contributed by atoms with Crippen LogP contribution in [0, 0.1) is 0 Å². The number of benzene rings is 1. The van der Waals surface area contributed by atoms with Crippen LogP contribution in [0.1, 0.15) is 0 Å². The molecule has 4 atom stereocenters. The Morgan fingerprint density at radius 1 is 1.15 bits per heavy atom. The molecule has 2 aromatic heterocycles. The van der Waals surface area contributed by atoms with Crippen molar-refractivity contribution in [2.24, 2.45) is 0 Å². The van der Waals surface area contributed by atoms with Gasteiger partial charge in [0.1, 0.15) is 18.3 Å². The molecule has 4 heterocycles. The minimum absolute atomic E-state index is 0.251. The number of halogens is 1. The molecule has 5 rings (SSSR count). The van der Waals surface area contributed by atoms with Crippen LogP contribution < -0.4 is 10.1 Å². The molecule has 3 aromatic rings. The number of anilines is 2. The molecular weight excluding hydrogens is 372 g/mol. The van der Waals surface area contributed by atoms with Gasteiger partial charge in [-0.3, -0.25) is 0 Å². The smallest absolute Gasteiger partial charge is 0.296 e. The predicted octanol–water partition coefficient (Wildman–Crippen LogP) is 2.26. The normalized spacial score (nSPS) is 27.0. The zero-order chi connectivity index (χ0) is 18.4. The second-order valence-electron chi connectivity index (χ2n) is 6.54. The first-order valence-electron chi connectivity index (χ1n) is 8.63. The maximum absolute atomic E-state index is 9.82. The van der Waals surface area contributed by atoms with Gasteiger partial charge >= 0.3 is 0 Å². The fourth-order valence-corrected chi connectivity index (χ4v) is 3.58. The fraction of sp³-hybridized carbons (Fsp3) is 0.333. The number of hydrogen-bond acceptors (Lipinski definition) is 7. The monoisotopic (exact) mass is 388 g/mol. The van der Waals surface area contributed by atoms with Crippen LogP contribution >= 0.6 is 11.6 Å². The molecule has 0 aliphatic carbocycles. The topological polar surface area (TPSA) is 102 Å². The summed E-state index contributed by atoms with van der Waals surface area (Å²) in [7, 11) is 0. The summed E-state index contributed by atoms with van der Waals surface area (Å²) in [6.07, 6.45) is -1.62. The van der Waals surface area contributed by atoms with Crippen molar-refractivity contribution in [1.82, 2.24) is 15.0 Å². The van der Waals surface area contributed by atoms with E-state index in [9.17, 15) is 5.11 Å². The van der Waals surface area contributed by atoms with E-state index in [0.717, 1.165) is 5.69 Å². The Hall–Kier alpha value is -2.39. The van der Waals surface area contributed by atoms with Crippen molar-refractivity contribution < 1.29 is 19.3 Å². The van der Waals surface area contributed by atoms with Crippen molar-refractivity contribution in [2.45, 2.75) is 24.4 Å². The molecule has 2 saturated heterocycles. The van der Waals surface area contributed by atoms with Gasteiger partial charge in [-0.05, 0) is 18.2 Å². The summed E-state index contributed by atoms with van der Waals surface area (Å²) in [5.41, 5.74) is 2.02. The van der Waals surface area contributed by atoms with E-state index in [4.69, 9.17) is 25.8 Å². The number of ether oxygens (including phenoxy) is 3. The summed E-state index contributed by atoms with van der Waals surface area (Å²) in [5.74, 6) is 0.514. The second kappa shape index (κ2) is 6.65. The van der Waals surface area contributed by atoms with E-state index >= 15 is 0 Å². The summed E-state index contributed by atoms with van der Waals surface area (Å²) < 4.78 is 17.0. The lowest BCUT2D eigenvalue weighted by molar-refractivity contribution is 0.00706. The Bertz CT molecular complexity index is 967. The lowest BCUT2D eigenvalue weighted by Crippen LogP contribution is -2.34. The highest BCUT2D eigenvalue weighted by atomic mass is 35.5. The Labute approximate surface area is 159 Å². The number of aromatic amines is 1. The molecule has 0 spiro atoms. The number of pyridine rings is 1. The third kappa shape index (κ3) is 3.10. The van der Waals surface area contributed by atoms with Gasteiger partial charge in [0, 0.05) is 5.69 Å². The van der Waals surface area contributed by atoms with Crippen molar-refractivity contribution >= 4 is 34.3 Å². The lowest BCUT2D eigenvalue weighted by Gasteiger charge is -2.15. The molecule has 27 heavy (non-hydrogen) atoms. The Kier molecular flexibility index (Phi) is 4.13. The SMILES string of the molecule is O[C@@H]1CO[C@H]2[C@@H]1OC[C@H]2Oc1nc2nc(Nc3ccccc3)c(Cl)cc2[nH]1.